The molecule has 0 amide bonds. The highest BCUT2D eigenvalue weighted by molar-refractivity contribution is 9.11. The van der Waals surface area contributed by atoms with E-state index in [0.29, 0.717) is 5.39 Å². The van der Waals surface area contributed by atoms with Gasteiger partial charge in [-0.05, 0) is 58.5 Å². The topological polar surface area (TPSA) is 12.0 Å². The zero-order valence-electron chi connectivity index (χ0n) is 11.8. The Labute approximate surface area is 135 Å². The molecule has 1 unspecified atom stereocenters. The quantitative estimate of drug-likeness (QED) is 0.654. The van der Waals surface area contributed by atoms with E-state index in [0.717, 1.165) is 14.7 Å². The fourth-order valence-corrected chi connectivity index (χ4v) is 4.51. The molecule has 108 valence electrons. The van der Waals surface area contributed by atoms with Crippen LogP contribution in [0.1, 0.15) is 22.0 Å². The average Bonchev–Trinajstić information content (AvgIpc) is 2.81. The predicted octanol–water partition coefficient (Wildman–Crippen LogP) is 5.42. The van der Waals surface area contributed by atoms with Gasteiger partial charge < -0.3 is 5.32 Å². The van der Waals surface area contributed by atoms with Crippen molar-refractivity contribution in [1.82, 2.24) is 5.32 Å². The third kappa shape index (κ3) is 2.63. The summed E-state index contributed by atoms with van der Waals surface area (Å²) in [4.78, 5) is 1.26. The predicted molar refractivity (Wildman–Crippen MR) is 91.6 cm³/mol. The number of nitrogens with one attached hydrogen (secondary N) is 1. The molecule has 3 aromatic rings. The van der Waals surface area contributed by atoms with E-state index in [4.69, 9.17) is 0 Å². The van der Waals surface area contributed by atoms with Crippen molar-refractivity contribution in [2.75, 3.05) is 7.05 Å². The summed E-state index contributed by atoms with van der Waals surface area (Å²) in [5, 5.41) is 4.99. The SMILES string of the molecule is CNC(c1cc(Br)sc1C)c1ccc(F)c2ccccc12. The highest BCUT2D eigenvalue weighted by Gasteiger charge is 2.19. The van der Waals surface area contributed by atoms with Crippen LogP contribution in [-0.4, -0.2) is 7.05 Å². The molecule has 4 heteroatoms. The number of hydrogen-bond donors (Lipinski definition) is 1. The van der Waals surface area contributed by atoms with Crippen LogP contribution >= 0.6 is 27.3 Å². The smallest absolute Gasteiger partial charge is 0.131 e. The first-order valence-electron chi connectivity index (χ1n) is 6.72. The van der Waals surface area contributed by atoms with Gasteiger partial charge in [-0.1, -0.05) is 30.3 Å². The van der Waals surface area contributed by atoms with Crippen molar-refractivity contribution >= 4 is 38.0 Å². The molecule has 21 heavy (non-hydrogen) atoms. The standard InChI is InChI=1S/C17H15BrFNS/c1-10-14(9-16(18)21-10)17(20-2)13-7-8-15(19)12-6-4-3-5-11(12)13/h3-9,17,20H,1-2H3. The summed E-state index contributed by atoms with van der Waals surface area (Å²) in [5.74, 6) is -0.174. The number of thiophene rings is 1. The molecule has 0 aliphatic heterocycles. The number of benzene rings is 2. The van der Waals surface area contributed by atoms with Crippen LogP contribution in [0.15, 0.2) is 46.3 Å². The normalized spacial score (nSPS) is 12.8. The Kier molecular flexibility index (Phi) is 4.11. The van der Waals surface area contributed by atoms with Crippen LogP contribution < -0.4 is 5.32 Å². The molecule has 1 atom stereocenters. The molecule has 0 spiro atoms. The largest absolute Gasteiger partial charge is 0.309 e. The highest BCUT2D eigenvalue weighted by Crippen LogP contribution is 2.36. The van der Waals surface area contributed by atoms with Gasteiger partial charge in [-0.25, -0.2) is 4.39 Å². The number of halogens is 2. The zero-order chi connectivity index (χ0) is 15.0. The summed E-state index contributed by atoms with van der Waals surface area (Å²) in [7, 11) is 1.94. The average molecular weight is 364 g/mol. The van der Waals surface area contributed by atoms with Gasteiger partial charge in [0.25, 0.3) is 0 Å². The molecule has 2 aromatic carbocycles. The molecule has 3 rings (SSSR count). The molecular formula is C17H15BrFNS. The second-order valence-electron chi connectivity index (χ2n) is 4.97. The lowest BCUT2D eigenvalue weighted by Crippen LogP contribution is -2.18. The van der Waals surface area contributed by atoms with Gasteiger partial charge in [0.15, 0.2) is 0 Å². The van der Waals surface area contributed by atoms with E-state index in [1.165, 1.54) is 10.4 Å². The van der Waals surface area contributed by atoms with Crippen molar-refractivity contribution in [2.45, 2.75) is 13.0 Å². The Balaban J connectivity index is 2.22. The van der Waals surface area contributed by atoms with Gasteiger partial charge in [-0.3, -0.25) is 0 Å². The van der Waals surface area contributed by atoms with Crippen molar-refractivity contribution in [3.05, 3.63) is 68.1 Å². The molecule has 0 radical (unpaired) electrons. The lowest BCUT2D eigenvalue weighted by molar-refractivity contribution is 0.636. The summed E-state index contributed by atoms with van der Waals surface area (Å²) in [6.45, 7) is 2.11. The van der Waals surface area contributed by atoms with E-state index in [9.17, 15) is 4.39 Å². The molecule has 1 nitrogen and oxygen atoms in total. The fraction of sp³-hybridized carbons (Fsp3) is 0.176. The van der Waals surface area contributed by atoms with Gasteiger partial charge in [0, 0.05) is 10.3 Å². The van der Waals surface area contributed by atoms with Gasteiger partial charge in [0.2, 0.25) is 0 Å². The van der Waals surface area contributed by atoms with Crippen LogP contribution in [0.4, 0.5) is 4.39 Å². The van der Waals surface area contributed by atoms with Crippen LogP contribution in [0.2, 0.25) is 0 Å². The van der Waals surface area contributed by atoms with Crippen LogP contribution in [-0.2, 0) is 0 Å². The third-order valence-electron chi connectivity index (χ3n) is 3.74. The van der Waals surface area contributed by atoms with Gasteiger partial charge in [0.1, 0.15) is 5.82 Å². The Morgan fingerprint density at radius 3 is 2.43 bits per heavy atom. The maximum absolute atomic E-state index is 14.0. The first kappa shape index (κ1) is 14.7. The summed E-state index contributed by atoms with van der Waals surface area (Å²) in [6, 6.07) is 13.3. The molecule has 0 saturated carbocycles. The van der Waals surface area contributed by atoms with E-state index in [1.807, 2.05) is 37.4 Å². The van der Waals surface area contributed by atoms with Crippen molar-refractivity contribution in [2.24, 2.45) is 0 Å². The summed E-state index contributed by atoms with van der Waals surface area (Å²) < 4.78 is 15.1. The van der Waals surface area contributed by atoms with Crippen LogP contribution in [0.25, 0.3) is 10.8 Å². The zero-order valence-corrected chi connectivity index (χ0v) is 14.2. The lowest BCUT2D eigenvalue weighted by atomic mass is 9.94. The fourth-order valence-electron chi connectivity index (χ4n) is 2.76. The number of hydrogen-bond acceptors (Lipinski definition) is 2. The maximum atomic E-state index is 14.0. The van der Waals surface area contributed by atoms with Gasteiger partial charge in [0.05, 0.1) is 9.83 Å². The minimum atomic E-state index is -0.174. The maximum Gasteiger partial charge on any atom is 0.131 e. The molecule has 0 aliphatic rings. The molecule has 0 aliphatic carbocycles. The van der Waals surface area contributed by atoms with Gasteiger partial charge in [-0.15, -0.1) is 11.3 Å². The number of fused-ring (bicyclic) bond motifs is 1. The highest BCUT2D eigenvalue weighted by atomic mass is 79.9. The molecule has 1 N–H and O–H groups in total. The monoisotopic (exact) mass is 363 g/mol. The minimum Gasteiger partial charge on any atom is -0.309 e. The van der Waals surface area contributed by atoms with Crippen molar-refractivity contribution < 1.29 is 4.39 Å². The second-order valence-corrected chi connectivity index (χ2v) is 7.60. The van der Waals surface area contributed by atoms with E-state index in [2.05, 4.69) is 34.2 Å². The summed E-state index contributed by atoms with van der Waals surface area (Å²) >= 11 is 5.26. The summed E-state index contributed by atoms with van der Waals surface area (Å²) in [6.07, 6.45) is 0. The molecule has 0 saturated heterocycles. The Hall–Kier alpha value is -1.23. The summed E-state index contributed by atoms with van der Waals surface area (Å²) in [5.41, 5.74) is 2.33. The van der Waals surface area contributed by atoms with Crippen molar-refractivity contribution in [3.63, 3.8) is 0 Å². The van der Waals surface area contributed by atoms with E-state index >= 15 is 0 Å². The number of rotatable bonds is 3. The van der Waals surface area contributed by atoms with Crippen LogP contribution in [0, 0.1) is 12.7 Å². The number of aryl methyl sites for hydroxylation is 1. The molecule has 1 heterocycles. The molecule has 1 aromatic heterocycles. The van der Waals surface area contributed by atoms with Gasteiger partial charge in [-0.2, -0.15) is 0 Å². The van der Waals surface area contributed by atoms with Crippen molar-refractivity contribution in [3.8, 4) is 0 Å². The second kappa shape index (κ2) is 5.87. The van der Waals surface area contributed by atoms with Crippen LogP contribution in [0.3, 0.4) is 0 Å². The lowest BCUT2D eigenvalue weighted by Gasteiger charge is -2.19. The minimum absolute atomic E-state index is 0.0537. The van der Waals surface area contributed by atoms with E-state index in [-0.39, 0.29) is 11.9 Å². The van der Waals surface area contributed by atoms with E-state index in [1.54, 1.807) is 17.4 Å². The van der Waals surface area contributed by atoms with Gasteiger partial charge >= 0.3 is 0 Å². The van der Waals surface area contributed by atoms with E-state index < -0.39 is 0 Å². The Morgan fingerprint density at radius 2 is 1.81 bits per heavy atom. The third-order valence-corrected chi connectivity index (χ3v) is 5.31. The molecule has 0 bridgehead atoms. The first-order chi connectivity index (χ1) is 10.1. The first-order valence-corrected chi connectivity index (χ1v) is 8.33. The molecule has 0 fully saturated rings. The van der Waals surface area contributed by atoms with Crippen LogP contribution in [0.5, 0.6) is 0 Å². The Morgan fingerprint density at radius 1 is 1.10 bits per heavy atom. The van der Waals surface area contributed by atoms with Crippen molar-refractivity contribution in [1.29, 1.82) is 0 Å². The molecular weight excluding hydrogens is 349 g/mol. The Bertz CT molecular complexity index is 797.